The lowest BCUT2D eigenvalue weighted by Crippen LogP contribution is -2.65. The van der Waals surface area contributed by atoms with Crippen LogP contribution in [0.15, 0.2) is 35.3 Å². The first-order chi connectivity index (χ1) is 21.5. The third kappa shape index (κ3) is 5.30. The van der Waals surface area contributed by atoms with Crippen LogP contribution in [0, 0.1) is 17.3 Å². The molecule has 3 N–H and O–H groups in total. The molecule has 2 aliphatic heterocycles. The number of benzene rings is 1. The van der Waals surface area contributed by atoms with Crippen LogP contribution in [-0.4, -0.2) is 51.3 Å². The summed E-state index contributed by atoms with van der Waals surface area (Å²) in [5.41, 5.74) is -2.60. The van der Waals surface area contributed by atoms with Gasteiger partial charge in [0.1, 0.15) is 17.6 Å². The number of carboxylic acid groups (broad SMARTS) is 1. The number of aliphatic carboxylic acids is 1. The Bertz CT molecular complexity index is 1620. The summed E-state index contributed by atoms with van der Waals surface area (Å²) < 4.78 is 53.8. The first kappa shape index (κ1) is 32.6. The van der Waals surface area contributed by atoms with E-state index in [0.717, 1.165) is 25.0 Å². The molecule has 1 aromatic heterocycles. The van der Waals surface area contributed by atoms with Gasteiger partial charge in [0.2, 0.25) is 5.91 Å². The standard InChI is InChI=1S/C32H40BF3N4O6/c1-6-24(33-45-23-12-19-11-22(29(19,2)3)31(23,5)46-33)39-26(43)21-13-30(4,14-25(41)42)28-38-16-20(27(44)40(21)28)37-15-17-8-7-9-18(10-17)32(34,35)36/h7-10,16,19,21-24,37H,6,11-15H2,1-5H3,(H,39,43)(H,41,42)/t19-,21-,22-,23+,24-,30+,31-/m0/s1. The number of alkyl halides is 3. The summed E-state index contributed by atoms with van der Waals surface area (Å²) in [6.45, 7) is 10.1. The maximum Gasteiger partial charge on any atom is 0.481 e. The number of carbonyl (C=O) groups is 2. The third-order valence-corrected chi connectivity index (χ3v) is 11.1. The van der Waals surface area contributed by atoms with Crippen LogP contribution in [0.4, 0.5) is 18.9 Å². The zero-order valence-electron chi connectivity index (χ0n) is 26.6. The quantitative estimate of drug-likeness (QED) is 0.335. The SMILES string of the molecule is CC[C@H](NC(=O)[C@@H]1C[C@](C)(CC(=O)O)c2ncc(NCc3cccc(C(F)(F)F)c3)c(=O)n21)B1O[C@@H]2C[C@@H]3C[C@@H](C3(C)C)[C@]2(C)O1. The van der Waals surface area contributed by atoms with E-state index in [4.69, 9.17) is 9.31 Å². The highest BCUT2D eigenvalue weighted by molar-refractivity contribution is 6.47. The topological polar surface area (TPSA) is 132 Å². The minimum Gasteiger partial charge on any atom is -0.481 e. The summed E-state index contributed by atoms with van der Waals surface area (Å²) in [6.07, 6.45) is -1.22. The van der Waals surface area contributed by atoms with Gasteiger partial charge in [-0.2, -0.15) is 13.2 Å². The van der Waals surface area contributed by atoms with Crippen LogP contribution in [0.3, 0.4) is 0 Å². The number of nitrogens with one attached hydrogen (secondary N) is 2. The van der Waals surface area contributed by atoms with Crippen molar-refractivity contribution in [1.29, 1.82) is 0 Å². The average molecular weight is 644 g/mol. The number of anilines is 1. The van der Waals surface area contributed by atoms with E-state index >= 15 is 0 Å². The number of rotatable bonds is 9. The molecule has 2 aromatic rings. The Hall–Kier alpha value is -3.39. The molecule has 3 heterocycles. The highest BCUT2D eigenvalue weighted by Gasteiger charge is 2.68. The molecule has 0 spiro atoms. The summed E-state index contributed by atoms with van der Waals surface area (Å²) in [5, 5.41) is 15.6. The highest BCUT2D eigenvalue weighted by atomic mass is 19.4. The van der Waals surface area contributed by atoms with Gasteiger partial charge in [0.15, 0.2) is 0 Å². The predicted octanol–water partition coefficient (Wildman–Crippen LogP) is 4.71. The molecule has 0 radical (unpaired) electrons. The predicted molar refractivity (Wildman–Crippen MR) is 163 cm³/mol. The second-order valence-corrected chi connectivity index (χ2v) is 14.4. The summed E-state index contributed by atoms with van der Waals surface area (Å²) >= 11 is 0. The Labute approximate surface area is 265 Å². The number of carbonyl (C=O) groups excluding carboxylic acids is 1. The van der Waals surface area contributed by atoms with E-state index in [1.54, 1.807) is 6.92 Å². The van der Waals surface area contributed by atoms with Crippen LogP contribution in [0.5, 0.6) is 0 Å². The molecular weight excluding hydrogens is 604 g/mol. The van der Waals surface area contributed by atoms with Crippen molar-refractivity contribution in [2.24, 2.45) is 17.3 Å². The van der Waals surface area contributed by atoms with Crippen molar-refractivity contribution in [2.75, 3.05) is 5.32 Å². The van der Waals surface area contributed by atoms with Gasteiger partial charge in [-0.25, -0.2) is 4.98 Å². The average Bonchev–Trinajstić information content (AvgIpc) is 3.48. The highest BCUT2D eigenvalue weighted by Crippen LogP contribution is 2.65. The molecule has 2 bridgehead atoms. The number of nitrogens with zero attached hydrogens (tertiary/aromatic N) is 2. The Morgan fingerprint density at radius 2 is 1.96 bits per heavy atom. The Kier molecular flexibility index (Phi) is 7.86. The van der Waals surface area contributed by atoms with Gasteiger partial charge in [0.05, 0.1) is 35.8 Å². The van der Waals surface area contributed by atoms with Crippen LogP contribution in [0.1, 0.15) is 89.7 Å². The Balaban J connectivity index is 1.24. The molecule has 1 aromatic carbocycles. The minimum absolute atomic E-state index is 0.0194. The van der Waals surface area contributed by atoms with E-state index in [1.165, 1.54) is 22.9 Å². The lowest BCUT2D eigenvalue weighted by Gasteiger charge is -2.64. The summed E-state index contributed by atoms with van der Waals surface area (Å²) in [4.78, 5) is 44.1. The number of hydrogen-bond donors (Lipinski definition) is 3. The van der Waals surface area contributed by atoms with Gasteiger partial charge < -0.3 is 25.0 Å². The van der Waals surface area contributed by atoms with Crippen LogP contribution in [0.2, 0.25) is 0 Å². The Morgan fingerprint density at radius 1 is 1.22 bits per heavy atom. The fraction of sp³-hybridized carbons (Fsp3) is 0.625. The molecule has 1 saturated heterocycles. The molecule has 46 heavy (non-hydrogen) atoms. The molecular formula is C32H40BF3N4O6. The van der Waals surface area contributed by atoms with Gasteiger partial charge in [0.25, 0.3) is 5.56 Å². The fourth-order valence-corrected chi connectivity index (χ4v) is 8.40. The van der Waals surface area contributed by atoms with Gasteiger partial charge in [-0.05, 0) is 67.6 Å². The van der Waals surface area contributed by atoms with Gasteiger partial charge in [0, 0.05) is 12.0 Å². The monoisotopic (exact) mass is 644 g/mol. The van der Waals surface area contributed by atoms with Gasteiger partial charge in [-0.1, -0.05) is 39.8 Å². The van der Waals surface area contributed by atoms with Crippen LogP contribution >= 0.6 is 0 Å². The van der Waals surface area contributed by atoms with Crippen LogP contribution in [-0.2, 0) is 37.0 Å². The number of carboxylic acids is 1. The van der Waals surface area contributed by atoms with Gasteiger partial charge >= 0.3 is 19.3 Å². The third-order valence-electron chi connectivity index (χ3n) is 11.1. The Morgan fingerprint density at radius 3 is 2.61 bits per heavy atom. The number of hydrogen-bond acceptors (Lipinski definition) is 7. The van der Waals surface area contributed by atoms with Crippen molar-refractivity contribution in [3.8, 4) is 0 Å². The maximum absolute atomic E-state index is 14.0. The summed E-state index contributed by atoms with van der Waals surface area (Å²) in [5.74, 6) is -1.05. The number of fused-ring (bicyclic) bond motifs is 1. The van der Waals surface area contributed by atoms with E-state index in [1.807, 2.05) is 6.92 Å². The molecule has 3 aliphatic carbocycles. The number of halogens is 3. The van der Waals surface area contributed by atoms with Crippen molar-refractivity contribution in [2.45, 2.75) is 109 Å². The molecule has 4 fully saturated rings. The number of aromatic nitrogens is 2. The molecule has 5 aliphatic rings. The lowest BCUT2D eigenvalue weighted by molar-refractivity contribution is -0.199. The maximum atomic E-state index is 14.0. The lowest BCUT2D eigenvalue weighted by atomic mass is 9.43. The largest absolute Gasteiger partial charge is 0.481 e. The van der Waals surface area contributed by atoms with Crippen molar-refractivity contribution in [3.05, 3.63) is 57.8 Å². The normalized spacial score (nSPS) is 31.4. The fourth-order valence-electron chi connectivity index (χ4n) is 8.40. The van der Waals surface area contributed by atoms with Gasteiger partial charge in [-0.15, -0.1) is 0 Å². The van der Waals surface area contributed by atoms with Crippen molar-refractivity contribution >= 4 is 24.7 Å². The molecule has 7 rings (SSSR count). The first-order valence-corrected chi connectivity index (χ1v) is 15.9. The second kappa shape index (κ2) is 11.1. The van der Waals surface area contributed by atoms with Crippen LogP contribution < -0.4 is 16.2 Å². The zero-order chi connectivity index (χ0) is 33.4. The van der Waals surface area contributed by atoms with Crippen molar-refractivity contribution in [3.63, 3.8) is 0 Å². The van der Waals surface area contributed by atoms with E-state index in [-0.39, 0.29) is 42.4 Å². The zero-order valence-corrected chi connectivity index (χ0v) is 26.6. The van der Waals surface area contributed by atoms with Gasteiger partial charge in [-0.3, -0.25) is 19.0 Å². The van der Waals surface area contributed by atoms with Crippen molar-refractivity contribution in [1.82, 2.24) is 14.9 Å². The summed E-state index contributed by atoms with van der Waals surface area (Å²) in [7, 11) is -0.680. The van der Waals surface area contributed by atoms with E-state index in [0.29, 0.717) is 23.8 Å². The minimum atomic E-state index is -4.52. The molecule has 0 unspecified atom stereocenters. The smallest absolute Gasteiger partial charge is 0.481 e. The summed E-state index contributed by atoms with van der Waals surface area (Å²) in [6, 6.07) is 3.66. The van der Waals surface area contributed by atoms with E-state index < -0.39 is 59.3 Å². The van der Waals surface area contributed by atoms with E-state index in [2.05, 4.69) is 36.4 Å². The van der Waals surface area contributed by atoms with Crippen molar-refractivity contribution < 1.29 is 37.2 Å². The first-order valence-electron chi connectivity index (χ1n) is 15.9. The molecule has 7 atom stereocenters. The molecule has 10 nitrogen and oxygen atoms in total. The second-order valence-electron chi connectivity index (χ2n) is 14.4. The van der Waals surface area contributed by atoms with E-state index in [9.17, 15) is 32.7 Å². The molecule has 14 heteroatoms. The van der Waals surface area contributed by atoms with Crippen LogP contribution in [0.25, 0.3) is 0 Å². The molecule has 3 saturated carbocycles. The molecule has 248 valence electrons. The molecule has 1 amide bonds. The number of amides is 1.